The molecule has 2 unspecified atom stereocenters. The van der Waals surface area contributed by atoms with E-state index in [-0.39, 0.29) is 18.1 Å². The Kier molecular flexibility index (Phi) is 4.03. The molecule has 0 aromatic heterocycles. The summed E-state index contributed by atoms with van der Waals surface area (Å²) in [6.07, 6.45) is 4.77. The van der Waals surface area contributed by atoms with Crippen molar-refractivity contribution in [1.29, 1.82) is 0 Å². The number of carbonyl (C=O) groups is 1. The van der Waals surface area contributed by atoms with Crippen LogP contribution in [0.1, 0.15) is 55.5 Å². The minimum absolute atomic E-state index is 0.0193. The number of hydrogen-bond acceptors (Lipinski definition) is 2. The maximum Gasteiger partial charge on any atom is 0.241 e. The zero-order valence-corrected chi connectivity index (χ0v) is 13.4. The topological polar surface area (TPSA) is 32.3 Å². The summed E-state index contributed by atoms with van der Waals surface area (Å²) >= 11 is 0. The fourth-order valence-electron chi connectivity index (χ4n) is 3.25. The minimum Gasteiger partial charge on any atom is -0.322 e. The summed E-state index contributed by atoms with van der Waals surface area (Å²) in [6.45, 7) is 7.23. The fraction of sp³-hybridized carbons (Fsp3) is 0.611. The first-order valence-corrected chi connectivity index (χ1v) is 8.23. The van der Waals surface area contributed by atoms with Gasteiger partial charge in [0.1, 0.15) is 6.17 Å². The molecule has 1 aromatic carbocycles. The van der Waals surface area contributed by atoms with Crippen LogP contribution in [-0.2, 0) is 4.79 Å². The van der Waals surface area contributed by atoms with Crippen LogP contribution in [0.2, 0.25) is 0 Å². The van der Waals surface area contributed by atoms with Gasteiger partial charge in [-0.3, -0.25) is 10.1 Å². The Hall–Kier alpha value is -1.35. The van der Waals surface area contributed by atoms with E-state index in [4.69, 9.17) is 0 Å². The van der Waals surface area contributed by atoms with E-state index < -0.39 is 0 Å². The second-order valence-electron chi connectivity index (χ2n) is 6.65. The van der Waals surface area contributed by atoms with Crippen molar-refractivity contribution in [2.24, 2.45) is 5.92 Å². The molecule has 1 saturated carbocycles. The quantitative estimate of drug-likeness (QED) is 0.900. The third kappa shape index (κ3) is 2.98. The van der Waals surface area contributed by atoms with Crippen molar-refractivity contribution in [3.05, 3.63) is 34.9 Å². The predicted octanol–water partition coefficient (Wildman–Crippen LogP) is 3.31. The molecule has 0 bridgehead atoms. The van der Waals surface area contributed by atoms with Gasteiger partial charge in [-0.25, -0.2) is 0 Å². The lowest BCUT2D eigenvalue weighted by Crippen LogP contribution is -2.32. The average Bonchev–Trinajstić information content (AvgIpc) is 3.24. The Morgan fingerprint density at radius 3 is 2.71 bits per heavy atom. The van der Waals surface area contributed by atoms with Crippen LogP contribution >= 0.6 is 0 Å². The first-order chi connectivity index (χ1) is 10.1. The van der Waals surface area contributed by atoms with Gasteiger partial charge in [-0.1, -0.05) is 43.5 Å². The standard InChI is InChI=1S/C18H26N2O/c1-4-16-18(21)20(10-9-14-7-8-14)17(19-16)15-11-12(2)5-6-13(15)3/h5-6,11,14,16-17,19H,4,7-10H2,1-3H3. The molecule has 2 atom stereocenters. The van der Waals surface area contributed by atoms with Crippen molar-refractivity contribution in [3.8, 4) is 0 Å². The fourth-order valence-corrected chi connectivity index (χ4v) is 3.25. The second-order valence-corrected chi connectivity index (χ2v) is 6.65. The highest BCUT2D eigenvalue weighted by atomic mass is 16.2. The maximum atomic E-state index is 12.6. The molecule has 21 heavy (non-hydrogen) atoms. The van der Waals surface area contributed by atoms with Crippen LogP contribution in [-0.4, -0.2) is 23.4 Å². The molecule has 1 saturated heterocycles. The highest BCUT2D eigenvalue weighted by molar-refractivity contribution is 5.84. The van der Waals surface area contributed by atoms with Crippen molar-refractivity contribution < 1.29 is 4.79 Å². The lowest BCUT2D eigenvalue weighted by Gasteiger charge is -2.26. The molecule has 1 aliphatic carbocycles. The molecule has 1 aliphatic heterocycles. The molecule has 1 heterocycles. The Labute approximate surface area is 127 Å². The number of benzene rings is 1. The third-order valence-electron chi connectivity index (χ3n) is 4.86. The Balaban J connectivity index is 1.85. The molecule has 1 amide bonds. The van der Waals surface area contributed by atoms with Gasteiger partial charge >= 0.3 is 0 Å². The SMILES string of the molecule is CCC1NC(c2cc(C)ccc2C)N(CCC2CC2)C1=O. The van der Waals surface area contributed by atoms with E-state index in [1.165, 1.54) is 29.5 Å². The van der Waals surface area contributed by atoms with E-state index in [2.05, 4.69) is 49.2 Å². The molecular weight excluding hydrogens is 260 g/mol. The highest BCUT2D eigenvalue weighted by Gasteiger charge is 2.39. The van der Waals surface area contributed by atoms with Gasteiger partial charge in [0.05, 0.1) is 6.04 Å². The molecule has 0 spiro atoms. The van der Waals surface area contributed by atoms with Crippen molar-refractivity contribution in [1.82, 2.24) is 10.2 Å². The molecule has 2 fully saturated rings. The Bertz CT molecular complexity index is 536. The minimum atomic E-state index is -0.0193. The van der Waals surface area contributed by atoms with Gasteiger partial charge in [0.25, 0.3) is 0 Å². The summed E-state index contributed by atoms with van der Waals surface area (Å²) in [4.78, 5) is 14.7. The lowest BCUT2D eigenvalue weighted by molar-refractivity contribution is -0.130. The molecular formula is C18H26N2O. The highest BCUT2D eigenvalue weighted by Crippen LogP contribution is 2.35. The van der Waals surface area contributed by atoms with Gasteiger partial charge in [-0.05, 0) is 43.7 Å². The number of rotatable bonds is 5. The summed E-state index contributed by atoms with van der Waals surface area (Å²) < 4.78 is 0. The van der Waals surface area contributed by atoms with E-state index >= 15 is 0 Å². The van der Waals surface area contributed by atoms with Crippen molar-refractivity contribution in [3.63, 3.8) is 0 Å². The number of aryl methyl sites for hydroxylation is 2. The van der Waals surface area contributed by atoms with Crippen molar-refractivity contribution >= 4 is 5.91 Å². The van der Waals surface area contributed by atoms with Crippen LogP contribution in [0.4, 0.5) is 0 Å². The van der Waals surface area contributed by atoms with Gasteiger partial charge < -0.3 is 4.90 Å². The zero-order chi connectivity index (χ0) is 15.0. The average molecular weight is 286 g/mol. The van der Waals surface area contributed by atoms with Gasteiger partial charge in [0, 0.05) is 6.54 Å². The van der Waals surface area contributed by atoms with Crippen LogP contribution in [0.5, 0.6) is 0 Å². The summed E-state index contributed by atoms with van der Waals surface area (Å²) in [5.74, 6) is 1.14. The largest absolute Gasteiger partial charge is 0.322 e. The summed E-state index contributed by atoms with van der Waals surface area (Å²) in [6, 6.07) is 6.51. The summed E-state index contributed by atoms with van der Waals surface area (Å²) in [5, 5.41) is 3.55. The van der Waals surface area contributed by atoms with Gasteiger partial charge in [0.15, 0.2) is 0 Å². The lowest BCUT2D eigenvalue weighted by atomic mass is 10.0. The molecule has 1 N–H and O–H groups in total. The number of hydrogen-bond donors (Lipinski definition) is 1. The summed E-state index contributed by atoms with van der Waals surface area (Å²) in [7, 11) is 0. The van der Waals surface area contributed by atoms with Crippen molar-refractivity contribution in [2.45, 2.75) is 58.7 Å². The molecule has 3 rings (SSSR count). The normalized spacial score (nSPS) is 25.7. The first-order valence-electron chi connectivity index (χ1n) is 8.23. The number of nitrogens with zero attached hydrogens (tertiary/aromatic N) is 1. The molecule has 3 nitrogen and oxygen atoms in total. The number of carbonyl (C=O) groups excluding carboxylic acids is 1. The van der Waals surface area contributed by atoms with Gasteiger partial charge in [-0.2, -0.15) is 0 Å². The van der Waals surface area contributed by atoms with Crippen LogP contribution in [0.25, 0.3) is 0 Å². The van der Waals surface area contributed by atoms with Gasteiger partial charge in [-0.15, -0.1) is 0 Å². The first kappa shape index (κ1) is 14.6. The molecule has 2 aliphatic rings. The molecule has 114 valence electrons. The van der Waals surface area contributed by atoms with Crippen LogP contribution in [0.3, 0.4) is 0 Å². The zero-order valence-electron chi connectivity index (χ0n) is 13.4. The maximum absolute atomic E-state index is 12.6. The smallest absolute Gasteiger partial charge is 0.241 e. The molecule has 0 radical (unpaired) electrons. The molecule has 1 aromatic rings. The van der Waals surface area contributed by atoms with Crippen LogP contribution in [0.15, 0.2) is 18.2 Å². The number of nitrogens with one attached hydrogen (secondary N) is 1. The van der Waals surface area contributed by atoms with E-state index in [1.54, 1.807) is 0 Å². The van der Waals surface area contributed by atoms with E-state index in [0.29, 0.717) is 0 Å². The monoisotopic (exact) mass is 286 g/mol. The van der Waals surface area contributed by atoms with Gasteiger partial charge in [0.2, 0.25) is 5.91 Å². The predicted molar refractivity (Wildman–Crippen MR) is 84.9 cm³/mol. The van der Waals surface area contributed by atoms with E-state index in [1.807, 2.05) is 0 Å². The van der Waals surface area contributed by atoms with E-state index in [0.717, 1.165) is 25.3 Å². The number of amides is 1. The second kappa shape index (κ2) is 5.80. The van der Waals surface area contributed by atoms with Crippen LogP contribution < -0.4 is 5.32 Å². The third-order valence-corrected chi connectivity index (χ3v) is 4.86. The van der Waals surface area contributed by atoms with E-state index in [9.17, 15) is 4.79 Å². The van der Waals surface area contributed by atoms with Crippen LogP contribution in [0, 0.1) is 19.8 Å². The summed E-state index contributed by atoms with van der Waals surface area (Å²) in [5.41, 5.74) is 3.78. The van der Waals surface area contributed by atoms with Crippen molar-refractivity contribution in [2.75, 3.05) is 6.54 Å². The molecule has 3 heteroatoms. The Morgan fingerprint density at radius 1 is 1.29 bits per heavy atom. The Morgan fingerprint density at radius 2 is 2.05 bits per heavy atom.